The molecule has 1 heterocycles. The molecule has 1 N–H and O–H groups in total. The van der Waals surface area contributed by atoms with E-state index in [1.165, 1.54) is 4.90 Å². The molecule has 0 spiro atoms. The van der Waals surface area contributed by atoms with Gasteiger partial charge in [-0.15, -0.1) is 0 Å². The molecule has 1 fully saturated rings. The molecule has 6 heteroatoms. The van der Waals surface area contributed by atoms with Crippen LogP contribution >= 0.6 is 0 Å². The van der Waals surface area contributed by atoms with Gasteiger partial charge in [-0.1, -0.05) is 64.1 Å². The van der Waals surface area contributed by atoms with Gasteiger partial charge >= 0.3 is 0 Å². The van der Waals surface area contributed by atoms with Gasteiger partial charge in [0.1, 0.15) is 17.3 Å². The number of anilines is 1. The lowest BCUT2D eigenvalue weighted by Crippen LogP contribution is -2.29. The topological polar surface area (TPSA) is 76.1 Å². The number of aliphatic hydroxyl groups excluding tert-OH is 1. The van der Waals surface area contributed by atoms with Crippen LogP contribution in [0.2, 0.25) is 0 Å². The van der Waals surface area contributed by atoms with Gasteiger partial charge in [0.25, 0.3) is 11.7 Å². The number of nitrogens with zero attached hydrogens (tertiary/aromatic N) is 1. The molecule has 0 saturated carbocycles. The fraction of sp³-hybridized carbons (Fsp3) is 0.312. The Morgan fingerprint density at radius 3 is 2.11 bits per heavy atom. The number of Topliss-reactive ketones (excluding diaryl/α,β-unsaturated/α-hetero) is 1. The average molecular weight is 514 g/mol. The number of aliphatic hydroxyl groups is 1. The fourth-order valence-corrected chi connectivity index (χ4v) is 4.35. The first kappa shape index (κ1) is 27.0. The van der Waals surface area contributed by atoms with Crippen molar-refractivity contribution >= 4 is 23.1 Å². The molecule has 1 aliphatic rings. The van der Waals surface area contributed by atoms with E-state index in [2.05, 4.69) is 27.7 Å². The third-order valence-corrected chi connectivity index (χ3v) is 6.19. The molecule has 0 aromatic heterocycles. The van der Waals surface area contributed by atoms with Gasteiger partial charge in [-0.2, -0.15) is 0 Å². The lowest BCUT2D eigenvalue weighted by Gasteiger charge is -2.26. The van der Waals surface area contributed by atoms with Gasteiger partial charge in [0.15, 0.2) is 0 Å². The van der Waals surface area contributed by atoms with E-state index in [4.69, 9.17) is 9.47 Å². The minimum Gasteiger partial charge on any atom is -0.507 e. The van der Waals surface area contributed by atoms with Crippen LogP contribution < -0.4 is 14.4 Å². The van der Waals surface area contributed by atoms with Crippen molar-refractivity contribution in [3.63, 3.8) is 0 Å². The highest BCUT2D eigenvalue weighted by molar-refractivity contribution is 6.51. The van der Waals surface area contributed by atoms with Gasteiger partial charge in [0.2, 0.25) is 0 Å². The highest BCUT2D eigenvalue weighted by atomic mass is 16.5. The zero-order valence-electron chi connectivity index (χ0n) is 22.6. The Labute approximate surface area is 224 Å². The van der Waals surface area contributed by atoms with Crippen LogP contribution in [-0.4, -0.2) is 30.0 Å². The van der Waals surface area contributed by atoms with E-state index in [0.29, 0.717) is 53.4 Å². The average Bonchev–Trinajstić information content (AvgIpc) is 3.16. The summed E-state index contributed by atoms with van der Waals surface area (Å²) in [6.45, 7) is 11.3. The Morgan fingerprint density at radius 1 is 0.842 bits per heavy atom. The first-order valence-corrected chi connectivity index (χ1v) is 13.0. The predicted octanol–water partition coefficient (Wildman–Crippen LogP) is 6.69. The fourth-order valence-electron chi connectivity index (χ4n) is 4.35. The summed E-state index contributed by atoms with van der Waals surface area (Å²) in [5.41, 5.74) is 2.68. The SMILES string of the molecule is Cc1cccc(N2C(=O)C(=O)/C(=C(/O)c3cccc(OCC(C)C)c3)C2c2ccc(OCC(C)C)cc2)c1. The molecule has 198 valence electrons. The number of carbonyl (C=O) groups excluding carboxylic acids is 2. The second kappa shape index (κ2) is 11.5. The summed E-state index contributed by atoms with van der Waals surface area (Å²) in [5, 5.41) is 11.5. The third kappa shape index (κ3) is 5.91. The molecule has 38 heavy (non-hydrogen) atoms. The number of carbonyl (C=O) groups is 2. The molecule has 6 nitrogen and oxygen atoms in total. The molecule has 1 atom stereocenters. The highest BCUT2D eigenvalue weighted by Crippen LogP contribution is 2.43. The summed E-state index contributed by atoms with van der Waals surface area (Å²) < 4.78 is 11.7. The van der Waals surface area contributed by atoms with Crippen molar-refractivity contribution in [3.05, 3.63) is 95.1 Å². The Hall–Kier alpha value is -4.06. The zero-order valence-corrected chi connectivity index (χ0v) is 22.6. The van der Waals surface area contributed by atoms with Crippen molar-refractivity contribution in [1.29, 1.82) is 0 Å². The maximum Gasteiger partial charge on any atom is 0.300 e. The van der Waals surface area contributed by atoms with Gasteiger partial charge in [-0.3, -0.25) is 14.5 Å². The smallest absolute Gasteiger partial charge is 0.300 e. The van der Waals surface area contributed by atoms with Crippen molar-refractivity contribution in [3.8, 4) is 11.5 Å². The van der Waals surface area contributed by atoms with Crippen molar-refractivity contribution in [2.45, 2.75) is 40.7 Å². The maximum absolute atomic E-state index is 13.5. The number of aryl methyl sites for hydroxylation is 1. The number of ether oxygens (including phenoxy) is 2. The molecule has 1 unspecified atom stereocenters. The quantitative estimate of drug-likeness (QED) is 0.196. The van der Waals surface area contributed by atoms with E-state index in [1.54, 1.807) is 30.3 Å². The molecule has 3 aromatic rings. The second-order valence-corrected chi connectivity index (χ2v) is 10.5. The Bertz CT molecular complexity index is 1340. The molecule has 4 rings (SSSR count). The maximum atomic E-state index is 13.5. The number of hydrogen-bond donors (Lipinski definition) is 1. The van der Waals surface area contributed by atoms with E-state index in [0.717, 1.165) is 5.56 Å². The number of ketones is 1. The normalized spacial score (nSPS) is 16.9. The van der Waals surface area contributed by atoms with Crippen LogP contribution in [0, 0.1) is 18.8 Å². The number of benzene rings is 3. The Balaban J connectivity index is 1.81. The van der Waals surface area contributed by atoms with Crippen molar-refractivity contribution < 1.29 is 24.2 Å². The first-order chi connectivity index (χ1) is 18.2. The van der Waals surface area contributed by atoms with Crippen LogP contribution in [0.25, 0.3) is 5.76 Å². The van der Waals surface area contributed by atoms with Crippen LogP contribution in [0.15, 0.2) is 78.4 Å². The van der Waals surface area contributed by atoms with Gasteiger partial charge < -0.3 is 14.6 Å². The van der Waals surface area contributed by atoms with Crippen molar-refractivity contribution in [2.24, 2.45) is 11.8 Å². The van der Waals surface area contributed by atoms with E-state index in [1.807, 2.05) is 49.4 Å². The Kier molecular flexibility index (Phi) is 8.20. The summed E-state index contributed by atoms with van der Waals surface area (Å²) in [7, 11) is 0. The van der Waals surface area contributed by atoms with Crippen LogP contribution in [0.4, 0.5) is 5.69 Å². The van der Waals surface area contributed by atoms with E-state index in [-0.39, 0.29) is 11.3 Å². The summed E-state index contributed by atoms with van der Waals surface area (Å²) in [4.78, 5) is 28.3. The molecule has 1 saturated heterocycles. The van der Waals surface area contributed by atoms with Gasteiger partial charge in [0, 0.05) is 11.3 Å². The van der Waals surface area contributed by atoms with Gasteiger partial charge in [0.05, 0.1) is 24.8 Å². The van der Waals surface area contributed by atoms with E-state index in [9.17, 15) is 14.7 Å². The lowest BCUT2D eigenvalue weighted by molar-refractivity contribution is -0.132. The van der Waals surface area contributed by atoms with Crippen LogP contribution in [-0.2, 0) is 9.59 Å². The summed E-state index contributed by atoms with van der Waals surface area (Å²) in [6, 6.07) is 20.9. The highest BCUT2D eigenvalue weighted by Gasteiger charge is 2.47. The number of amides is 1. The third-order valence-electron chi connectivity index (χ3n) is 6.19. The predicted molar refractivity (Wildman–Crippen MR) is 150 cm³/mol. The van der Waals surface area contributed by atoms with Crippen LogP contribution in [0.3, 0.4) is 0 Å². The first-order valence-electron chi connectivity index (χ1n) is 13.0. The summed E-state index contributed by atoms with van der Waals surface area (Å²) in [6.07, 6.45) is 0. The zero-order chi connectivity index (χ0) is 27.4. The second-order valence-electron chi connectivity index (χ2n) is 10.5. The van der Waals surface area contributed by atoms with E-state index >= 15 is 0 Å². The molecule has 0 bridgehead atoms. The molecular weight excluding hydrogens is 478 g/mol. The lowest BCUT2D eigenvalue weighted by atomic mass is 9.95. The monoisotopic (exact) mass is 513 g/mol. The van der Waals surface area contributed by atoms with Crippen molar-refractivity contribution in [2.75, 3.05) is 18.1 Å². The van der Waals surface area contributed by atoms with Gasteiger partial charge in [-0.25, -0.2) is 0 Å². The molecule has 0 radical (unpaired) electrons. The molecule has 3 aromatic carbocycles. The van der Waals surface area contributed by atoms with Crippen LogP contribution in [0.5, 0.6) is 11.5 Å². The molecule has 1 amide bonds. The number of hydrogen-bond acceptors (Lipinski definition) is 5. The van der Waals surface area contributed by atoms with Crippen molar-refractivity contribution in [1.82, 2.24) is 0 Å². The van der Waals surface area contributed by atoms with Crippen LogP contribution in [0.1, 0.15) is 50.4 Å². The van der Waals surface area contributed by atoms with E-state index < -0.39 is 17.7 Å². The largest absolute Gasteiger partial charge is 0.507 e. The minimum atomic E-state index is -0.809. The van der Waals surface area contributed by atoms with Gasteiger partial charge in [-0.05, 0) is 66.3 Å². The molecule has 0 aliphatic carbocycles. The standard InChI is InChI=1S/C32H35NO5/c1-20(2)18-37-26-14-12-23(13-15-26)29-28(30(34)24-9-7-11-27(17-24)38-19-21(3)4)31(35)32(36)33(29)25-10-6-8-22(5)16-25/h6-17,20-21,29,34H,18-19H2,1-5H3/b30-28+. The summed E-state index contributed by atoms with van der Waals surface area (Å²) in [5.74, 6) is 0.335. The molecular formula is C32H35NO5. The summed E-state index contributed by atoms with van der Waals surface area (Å²) >= 11 is 0. The molecule has 1 aliphatic heterocycles. The Morgan fingerprint density at radius 2 is 1.47 bits per heavy atom. The minimum absolute atomic E-state index is 0.0355. The number of rotatable bonds is 9.